The maximum atomic E-state index is 13.4. The van der Waals surface area contributed by atoms with Gasteiger partial charge in [0.05, 0.1) is 0 Å². The molecule has 7 heteroatoms. The van der Waals surface area contributed by atoms with Crippen molar-refractivity contribution in [3.63, 3.8) is 0 Å². The van der Waals surface area contributed by atoms with Gasteiger partial charge in [-0.05, 0) is 18.6 Å². The summed E-state index contributed by atoms with van der Waals surface area (Å²) < 4.78 is 38.5. The molecule has 17 heavy (non-hydrogen) atoms. The summed E-state index contributed by atoms with van der Waals surface area (Å²) >= 11 is 0. The van der Waals surface area contributed by atoms with Crippen LogP contribution in [0.1, 0.15) is 13.3 Å². The third-order valence-corrected chi connectivity index (χ3v) is 4.14. The zero-order valence-electron chi connectivity index (χ0n) is 9.50. The highest BCUT2D eigenvalue weighted by Gasteiger charge is 2.27. The lowest BCUT2D eigenvalue weighted by Gasteiger charge is -2.19. The number of aliphatic hydroxyl groups is 1. The van der Waals surface area contributed by atoms with Gasteiger partial charge < -0.3 is 5.11 Å². The lowest BCUT2D eigenvalue weighted by atomic mass is 10.4. The molecule has 0 amide bonds. The number of aromatic nitrogens is 1. The summed E-state index contributed by atoms with van der Waals surface area (Å²) in [5, 5.41) is 8.12. The Morgan fingerprint density at radius 2 is 2.24 bits per heavy atom. The zero-order valence-corrected chi connectivity index (χ0v) is 10.3. The van der Waals surface area contributed by atoms with E-state index in [2.05, 4.69) is 4.98 Å². The van der Waals surface area contributed by atoms with E-state index >= 15 is 0 Å². The van der Waals surface area contributed by atoms with Crippen LogP contribution in [0.4, 0.5) is 4.39 Å². The van der Waals surface area contributed by atoms with Crippen molar-refractivity contribution in [2.24, 2.45) is 0 Å². The molecule has 1 rings (SSSR count). The fourth-order valence-corrected chi connectivity index (χ4v) is 2.84. The number of hydrogen-bond acceptors (Lipinski definition) is 4. The van der Waals surface area contributed by atoms with Gasteiger partial charge in [-0.1, -0.05) is 6.92 Å². The molecule has 1 N–H and O–H groups in total. The summed E-state index contributed by atoms with van der Waals surface area (Å²) in [6.07, 6.45) is 1.54. The summed E-state index contributed by atoms with van der Waals surface area (Å²) in [6.45, 7) is 1.89. The molecule has 96 valence electrons. The van der Waals surface area contributed by atoms with Crippen molar-refractivity contribution in [1.29, 1.82) is 0 Å². The summed E-state index contributed by atoms with van der Waals surface area (Å²) in [5.74, 6) is -0.866. The largest absolute Gasteiger partial charge is 0.396 e. The van der Waals surface area contributed by atoms with Crippen molar-refractivity contribution in [1.82, 2.24) is 9.29 Å². The second-order valence-electron chi connectivity index (χ2n) is 3.36. The van der Waals surface area contributed by atoms with E-state index in [1.165, 1.54) is 12.3 Å². The molecule has 0 saturated carbocycles. The van der Waals surface area contributed by atoms with E-state index in [4.69, 9.17) is 5.11 Å². The number of hydrogen-bond donors (Lipinski definition) is 1. The summed E-state index contributed by atoms with van der Waals surface area (Å²) in [6, 6.07) is 2.39. The van der Waals surface area contributed by atoms with Crippen LogP contribution in [-0.4, -0.2) is 42.5 Å². The second kappa shape index (κ2) is 6.04. The number of nitrogens with zero attached hydrogens (tertiary/aromatic N) is 2. The highest BCUT2D eigenvalue weighted by atomic mass is 32.2. The van der Waals surface area contributed by atoms with Gasteiger partial charge in [0.15, 0.2) is 5.82 Å². The lowest BCUT2D eigenvalue weighted by molar-refractivity contribution is 0.270. The summed E-state index contributed by atoms with van der Waals surface area (Å²) in [4.78, 5) is 3.56. The van der Waals surface area contributed by atoms with E-state index < -0.39 is 20.9 Å². The number of pyridine rings is 1. The fraction of sp³-hybridized carbons (Fsp3) is 0.500. The van der Waals surface area contributed by atoms with Gasteiger partial charge in [0, 0.05) is 25.9 Å². The first-order valence-electron chi connectivity index (χ1n) is 5.25. The summed E-state index contributed by atoms with van der Waals surface area (Å²) in [5.41, 5.74) is 0. The maximum absolute atomic E-state index is 13.4. The van der Waals surface area contributed by atoms with E-state index in [1.807, 2.05) is 0 Å². The van der Waals surface area contributed by atoms with E-state index in [0.717, 1.165) is 10.4 Å². The van der Waals surface area contributed by atoms with E-state index in [1.54, 1.807) is 6.92 Å². The van der Waals surface area contributed by atoms with Gasteiger partial charge >= 0.3 is 0 Å². The number of sulfonamides is 1. The van der Waals surface area contributed by atoms with E-state index in [9.17, 15) is 12.8 Å². The SMILES string of the molecule is CCN(CCCO)S(=O)(=O)c1ncccc1F. The predicted molar refractivity (Wildman–Crippen MR) is 60.3 cm³/mol. The van der Waals surface area contributed by atoms with Crippen LogP contribution in [0.3, 0.4) is 0 Å². The normalized spacial score (nSPS) is 12.0. The van der Waals surface area contributed by atoms with Gasteiger partial charge in [-0.25, -0.2) is 17.8 Å². The molecule has 0 aliphatic heterocycles. The first-order chi connectivity index (χ1) is 8.04. The Hall–Kier alpha value is -1.05. The predicted octanol–water partition coefficient (Wildman–Crippen LogP) is 0.614. The van der Waals surface area contributed by atoms with Crippen LogP contribution in [0.2, 0.25) is 0 Å². The zero-order chi connectivity index (χ0) is 12.9. The molecule has 0 saturated heterocycles. The Kier molecular flexibility index (Phi) is 4.98. The smallest absolute Gasteiger partial charge is 0.263 e. The second-order valence-corrected chi connectivity index (χ2v) is 5.22. The minimum Gasteiger partial charge on any atom is -0.396 e. The third kappa shape index (κ3) is 3.21. The van der Waals surface area contributed by atoms with Gasteiger partial charge in [-0.3, -0.25) is 0 Å². The Morgan fingerprint density at radius 3 is 2.76 bits per heavy atom. The molecule has 1 heterocycles. The summed E-state index contributed by atoms with van der Waals surface area (Å²) in [7, 11) is -3.92. The molecule has 0 unspecified atom stereocenters. The van der Waals surface area contributed by atoms with Crippen LogP contribution in [0.5, 0.6) is 0 Å². The number of aliphatic hydroxyl groups excluding tert-OH is 1. The monoisotopic (exact) mass is 262 g/mol. The van der Waals surface area contributed by atoms with Crippen molar-refractivity contribution in [2.75, 3.05) is 19.7 Å². The van der Waals surface area contributed by atoms with Crippen LogP contribution in [0.15, 0.2) is 23.4 Å². The molecule has 0 aliphatic carbocycles. The minimum atomic E-state index is -3.92. The average molecular weight is 262 g/mol. The van der Waals surface area contributed by atoms with E-state index in [0.29, 0.717) is 6.42 Å². The van der Waals surface area contributed by atoms with Gasteiger partial charge in [0.1, 0.15) is 0 Å². The molecule has 1 aromatic rings. The van der Waals surface area contributed by atoms with Crippen LogP contribution in [-0.2, 0) is 10.0 Å². The standard InChI is InChI=1S/C10H15FN2O3S/c1-2-13(7-4-8-14)17(15,16)10-9(11)5-3-6-12-10/h3,5-6,14H,2,4,7-8H2,1H3. The first-order valence-corrected chi connectivity index (χ1v) is 6.69. The molecule has 0 fully saturated rings. The van der Waals surface area contributed by atoms with Crippen LogP contribution in [0, 0.1) is 5.82 Å². The van der Waals surface area contributed by atoms with Gasteiger partial charge in [-0.2, -0.15) is 4.31 Å². The van der Waals surface area contributed by atoms with Crippen molar-refractivity contribution in [2.45, 2.75) is 18.4 Å². The Bertz CT molecular complexity index is 464. The quantitative estimate of drug-likeness (QED) is 0.815. The average Bonchev–Trinajstić information content (AvgIpc) is 2.30. The number of halogens is 1. The molecular formula is C10H15FN2O3S. The Morgan fingerprint density at radius 1 is 1.53 bits per heavy atom. The minimum absolute atomic E-state index is 0.114. The van der Waals surface area contributed by atoms with E-state index in [-0.39, 0.29) is 19.7 Å². The van der Waals surface area contributed by atoms with Crippen molar-refractivity contribution >= 4 is 10.0 Å². The molecule has 0 spiro atoms. The Labute approximate surface area is 100.0 Å². The number of rotatable bonds is 6. The molecule has 0 bridgehead atoms. The third-order valence-electron chi connectivity index (χ3n) is 2.23. The Balaban J connectivity index is 3.05. The molecular weight excluding hydrogens is 247 g/mol. The van der Waals surface area contributed by atoms with Crippen LogP contribution < -0.4 is 0 Å². The van der Waals surface area contributed by atoms with Gasteiger partial charge in [0.2, 0.25) is 5.03 Å². The first kappa shape index (κ1) is 14.0. The highest BCUT2D eigenvalue weighted by Crippen LogP contribution is 2.16. The molecule has 0 radical (unpaired) electrons. The van der Waals surface area contributed by atoms with Crippen molar-refractivity contribution in [3.05, 3.63) is 24.1 Å². The molecule has 5 nitrogen and oxygen atoms in total. The topological polar surface area (TPSA) is 70.5 Å². The van der Waals surface area contributed by atoms with Crippen LogP contribution >= 0.6 is 0 Å². The molecule has 1 aromatic heterocycles. The molecule has 0 aliphatic rings. The van der Waals surface area contributed by atoms with Gasteiger partial charge in [0.25, 0.3) is 10.0 Å². The lowest BCUT2D eigenvalue weighted by Crippen LogP contribution is -2.33. The van der Waals surface area contributed by atoms with Gasteiger partial charge in [-0.15, -0.1) is 0 Å². The van der Waals surface area contributed by atoms with Crippen molar-refractivity contribution < 1.29 is 17.9 Å². The highest BCUT2D eigenvalue weighted by molar-refractivity contribution is 7.89. The maximum Gasteiger partial charge on any atom is 0.263 e. The molecule has 0 aromatic carbocycles. The fourth-order valence-electron chi connectivity index (χ4n) is 1.38. The molecule has 0 atom stereocenters. The van der Waals surface area contributed by atoms with Crippen LogP contribution in [0.25, 0.3) is 0 Å². The van der Waals surface area contributed by atoms with Crippen molar-refractivity contribution in [3.8, 4) is 0 Å².